The molecule has 2 fully saturated rings. The minimum Gasteiger partial charge on any atom is -0.457 e. The molecule has 0 spiro atoms. The van der Waals surface area contributed by atoms with E-state index in [4.69, 9.17) is 22.1 Å². The van der Waals surface area contributed by atoms with Crippen molar-refractivity contribution in [2.24, 2.45) is 17.6 Å². The van der Waals surface area contributed by atoms with Crippen LogP contribution in [0.3, 0.4) is 0 Å². The number of primary amides is 1. The Labute approximate surface area is 257 Å². The first kappa shape index (κ1) is 31.1. The lowest BCUT2D eigenvalue weighted by molar-refractivity contribution is -0.140. The van der Waals surface area contributed by atoms with Crippen molar-refractivity contribution in [2.75, 3.05) is 0 Å². The fourth-order valence-corrected chi connectivity index (χ4v) is 7.05. The molecule has 11 heteroatoms. The molecule has 2 aliphatic carbocycles. The van der Waals surface area contributed by atoms with Gasteiger partial charge in [0, 0.05) is 30.3 Å². The number of amides is 3. The number of nitrogens with zero attached hydrogens (tertiary/aromatic N) is 1. The second-order valence-electron chi connectivity index (χ2n) is 11.7. The number of allylic oxidation sites excluding steroid dienone is 2. The average molecular weight is 628 g/mol. The Hall–Kier alpha value is -3.37. The third-order valence-corrected chi connectivity index (χ3v) is 10.3. The largest absolute Gasteiger partial charge is 0.457 e. The van der Waals surface area contributed by atoms with Crippen molar-refractivity contribution in [1.82, 2.24) is 9.62 Å². The molecule has 3 amide bonds. The van der Waals surface area contributed by atoms with Crippen LogP contribution in [0, 0.1) is 11.8 Å². The van der Waals surface area contributed by atoms with Crippen LogP contribution in [0.2, 0.25) is 5.02 Å². The quantitative estimate of drug-likeness (QED) is 0.223. The predicted molar refractivity (Wildman–Crippen MR) is 164 cm³/mol. The van der Waals surface area contributed by atoms with Gasteiger partial charge in [-0.1, -0.05) is 48.7 Å². The van der Waals surface area contributed by atoms with Crippen LogP contribution in [0.15, 0.2) is 54.6 Å². The van der Waals surface area contributed by atoms with E-state index in [1.165, 1.54) is 0 Å². The number of rotatable bonds is 14. The second-order valence-corrected chi connectivity index (χ2v) is 14.1. The van der Waals surface area contributed by atoms with E-state index >= 15 is 0 Å². The molecule has 2 saturated carbocycles. The van der Waals surface area contributed by atoms with E-state index < -0.39 is 27.2 Å². The Morgan fingerprint density at radius 2 is 1.79 bits per heavy atom. The first-order valence-electron chi connectivity index (χ1n) is 15.0. The molecule has 2 aromatic rings. The van der Waals surface area contributed by atoms with Gasteiger partial charge < -0.3 is 15.4 Å². The normalized spacial score (nSPS) is 21.3. The molecule has 0 saturated heterocycles. The molecule has 230 valence electrons. The van der Waals surface area contributed by atoms with Crippen molar-refractivity contribution >= 4 is 39.3 Å². The molecule has 1 aliphatic heterocycles. The van der Waals surface area contributed by atoms with Gasteiger partial charge in [-0.25, -0.2) is 8.42 Å². The smallest absolute Gasteiger partial charge is 0.240 e. The SMILES string of the molecule is NC(=O)C1Cc2cc(Oc3cccc(Cl)c3)ccc2CN1C(=O)CCCCCC/C=C\[C@@H]1C[C@@H]1C(=O)NS(=O)(=O)C1CC1. The summed E-state index contributed by atoms with van der Waals surface area (Å²) < 4.78 is 32.0. The molecule has 3 aliphatic rings. The summed E-state index contributed by atoms with van der Waals surface area (Å²) in [6.45, 7) is 0.330. The number of unbranched alkanes of at least 4 members (excludes halogenated alkanes) is 4. The summed E-state index contributed by atoms with van der Waals surface area (Å²) in [4.78, 5) is 39.1. The topological polar surface area (TPSA) is 136 Å². The number of halogens is 1. The van der Waals surface area contributed by atoms with Crippen molar-refractivity contribution in [3.63, 3.8) is 0 Å². The van der Waals surface area contributed by atoms with Crippen LogP contribution in [-0.4, -0.2) is 42.3 Å². The zero-order valence-corrected chi connectivity index (χ0v) is 25.6. The van der Waals surface area contributed by atoms with Crippen LogP contribution in [0.1, 0.15) is 68.9 Å². The lowest BCUT2D eigenvalue weighted by atomic mass is 9.92. The van der Waals surface area contributed by atoms with Gasteiger partial charge in [-0.2, -0.15) is 0 Å². The lowest BCUT2D eigenvalue weighted by Crippen LogP contribution is -2.51. The minimum absolute atomic E-state index is 0.0737. The molecular formula is C32H38ClN3O6S. The number of ether oxygens (including phenoxy) is 1. The molecule has 1 heterocycles. The van der Waals surface area contributed by atoms with E-state index in [1.807, 2.05) is 36.4 Å². The summed E-state index contributed by atoms with van der Waals surface area (Å²) in [6, 6.07) is 12.1. The maximum atomic E-state index is 13.1. The molecule has 2 aromatic carbocycles. The summed E-state index contributed by atoms with van der Waals surface area (Å²) in [6.07, 6.45) is 11.1. The van der Waals surface area contributed by atoms with Crippen LogP contribution < -0.4 is 15.2 Å². The maximum Gasteiger partial charge on any atom is 0.240 e. The highest BCUT2D eigenvalue weighted by Crippen LogP contribution is 2.40. The van der Waals surface area contributed by atoms with E-state index in [9.17, 15) is 22.8 Å². The number of carbonyl (C=O) groups is 3. The average Bonchev–Trinajstić information content (AvgIpc) is 3.88. The molecule has 1 unspecified atom stereocenters. The third kappa shape index (κ3) is 8.38. The first-order valence-corrected chi connectivity index (χ1v) is 16.9. The van der Waals surface area contributed by atoms with Crippen LogP contribution in [0.5, 0.6) is 11.5 Å². The highest BCUT2D eigenvalue weighted by Gasteiger charge is 2.45. The summed E-state index contributed by atoms with van der Waals surface area (Å²) in [5.41, 5.74) is 7.61. The zero-order chi connectivity index (χ0) is 30.6. The fourth-order valence-electron chi connectivity index (χ4n) is 5.52. The third-order valence-electron chi connectivity index (χ3n) is 8.27. The lowest BCUT2D eigenvalue weighted by Gasteiger charge is -2.35. The summed E-state index contributed by atoms with van der Waals surface area (Å²) in [5, 5.41) is 0.182. The standard InChI is InChI=1S/C32H38ClN3O6S/c33-24-9-7-10-25(19-24)42-26-13-12-22-20-36(29(31(34)38)18-23(22)16-26)30(37)11-6-4-2-1-3-5-8-21-17-28(21)32(39)35-43(40,41)27-14-15-27/h5,7-10,12-13,16,19,21,27-29H,1-4,6,11,14-15,17-18,20H2,(H2,34,38)(H,35,39)/b8-5-/t21-,28+,29?/m1/s1. The van der Waals surface area contributed by atoms with Crippen molar-refractivity contribution in [3.8, 4) is 11.5 Å². The number of hydrogen-bond acceptors (Lipinski definition) is 6. The predicted octanol–water partition coefficient (Wildman–Crippen LogP) is 5.01. The molecule has 9 nitrogen and oxygen atoms in total. The summed E-state index contributed by atoms with van der Waals surface area (Å²) in [5.74, 6) is 0.132. The molecular weight excluding hydrogens is 590 g/mol. The number of nitrogens with two attached hydrogens (primary N) is 1. The van der Waals surface area contributed by atoms with E-state index in [1.54, 1.807) is 17.0 Å². The van der Waals surface area contributed by atoms with Crippen molar-refractivity contribution in [3.05, 3.63) is 70.8 Å². The fraction of sp³-hybridized carbons (Fsp3) is 0.469. The maximum absolute atomic E-state index is 13.1. The minimum atomic E-state index is -3.48. The highest BCUT2D eigenvalue weighted by molar-refractivity contribution is 7.90. The Balaban J connectivity index is 1.01. The van der Waals surface area contributed by atoms with Gasteiger partial charge in [0.15, 0.2) is 0 Å². The van der Waals surface area contributed by atoms with Crippen LogP contribution >= 0.6 is 11.6 Å². The summed E-state index contributed by atoms with van der Waals surface area (Å²) in [7, 11) is -3.48. The number of carbonyl (C=O) groups excluding carboxylic acids is 3. The van der Waals surface area contributed by atoms with Gasteiger partial charge >= 0.3 is 0 Å². The molecule has 3 atom stereocenters. The first-order chi connectivity index (χ1) is 20.6. The number of sulfonamides is 1. The monoisotopic (exact) mass is 627 g/mol. The Morgan fingerprint density at radius 3 is 2.53 bits per heavy atom. The molecule has 0 bridgehead atoms. The molecule has 3 N–H and O–H groups in total. The number of benzene rings is 2. The van der Waals surface area contributed by atoms with Gasteiger partial charge in [-0.05, 0) is 85.9 Å². The van der Waals surface area contributed by atoms with Gasteiger partial charge in [0.2, 0.25) is 27.7 Å². The van der Waals surface area contributed by atoms with E-state index in [0.717, 1.165) is 43.2 Å². The Morgan fingerprint density at radius 1 is 1.02 bits per heavy atom. The zero-order valence-electron chi connectivity index (χ0n) is 24.0. The second kappa shape index (κ2) is 13.5. The molecule has 0 radical (unpaired) electrons. The van der Waals surface area contributed by atoms with Crippen LogP contribution in [0.4, 0.5) is 0 Å². The van der Waals surface area contributed by atoms with E-state index in [-0.39, 0.29) is 23.7 Å². The van der Waals surface area contributed by atoms with Crippen molar-refractivity contribution in [1.29, 1.82) is 0 Å². The number of hydrogen-bond donors (Lipinski definition) is 2. The van der Waals surface area contributed by atoms with Crippen molar-refractivity contribution in [2.45, 2.75) is 82.0 Å². The Kier molecular flexibility index (Phi) is 9.76. The van der Waals surface area contributed by atoms with Gasteiger partial charge in [0.25, 0.3) is 0 Å². The highest BCUT2D eigenvalue weighted by atomic mass is 35.5. The van der Waals surface area contributed by atoms with Gasteiger partial charge in [-0.15, -0.1) is 0 Å². The van der Waals surface area contributed by atoms with Crippen LogP contribution in [0.25, 0.3) is 0 Å². The van der Waals surface area contributed by atoms with Gasteiger partial charge in [0.1, 0.15) is 17.5 Å². The van der Waals surface area contributed by atoms with Gasteiger partial charge in [-0.3, -0.25) is 19.1 Å². The van der Waals surface area contributed by atoms with Gasteiger partial charge in [0.05, 0.1) is 5.25 Å². The summed E-state index contributed by atoms with van der Waals surface area (Å²) >= 11 is 6.05. The number of nitrogens with one attached hydrogen (secondary N) is 1. The van der Waals surface area contributed by atoms with E-state index in [2.05, 4.69) is 10.8 Å². The number of fused-ring (bicyclic) bond motifs is 1. The molecule has 0 aromatic heterocycles. The molecule has 43 heavy (non-hydrogen) atoms. The molecule has 5 rings (SSSR count). The van der Waals surface area contributed by atoms with E-state index in [0.29, 0.717) is 55.2 Å². The van der Waals surface area contributed by atoms with Crippen LogP contribution in [-0.2, 0) is 37.4 Å². The Bertz CT molecular complexity index is 1510. The van der Waals surface area contributed by atoms with Crippen molar-refractivity contribution < 1.29 is 27.5 Å².